The Labute approximate surface area is 89.0 Å². The SMILES string of the molecule is CC(CO)CNS(=O)(=O)c1cn(C)cn1. The monoisotopic (exact) mass is 233 g/mol. The molecule has 2 N–H and O–H groups in total. The van der Waals surface area contributed by atoms with Gasteiger partial charge in [0.05, 0.1) is 6.33 Å². The molecule has 0 aliphatic rings. The molecule has 1 aromatic heterocycles. The van der Waals surface area contributed by atoms with Crippen molar-refractivity contribution in [1.29, 1.82) is 0 Å². The van der Waals surface area contributed by atoms with E-state index in [1.807, 2.05) is 0 Å². The molecule has 1 heterocycles. The maximum absolute atomic E-state index is 11.6. The minimum Gasteiger partial charge on any atom is -0.396 e. The Morgan fingerprint density at radius 2 is 2.33 bits per heavy atom. The molecule has 7 heteroatoms. The van der Waals surface area contributed by atoms with Gasteiger partial charge in [-0.1, -0.05) is 6.92 Å². The molecule has 0 aliphatic heterocycles. The van der Waals surface area contributed by atoms with Crippen molar-refractivity contribution in [3.05, 3.63) is 12.5 Å². The summed E-state index contributed by atoms with van der Waals surface area (Å²) in [5.74, 6) is -0.108. The zero-order valence-electron chi connectivity index (χ0n) is 8.71. The molecule has 0 aliphatic carbocycles. The standard InChI is InChI=1S/C8H15N3O3S/c1-7(5-12)3-10-15(13,14)8-4-11(2)6-9-8/h4,6-7,10,12H,3,5H2,1-2H3. The van der Waals surface area contributed by atoms with Gasteiger partial charge in [-0.2, -0.15) is 0 Å². The molecule has 0 saturated heterocycles. The van der Waals surface area contributed by atoms with Crippen molar-refractivity contribution in [2.45, 2.75) is 11.9 Å². The molecule has 0 saturated carbocycles. The molecule has 1 rings (SSSR count). The molecular formula is C8H15N3O3S. The number of imidazole rings is 1. The third-order valence-corrected chi connectivity index (χ3v) is 3.20. The summed E-state index contributed by atoms with van der Waals surface area (Å²) >= 11 is 0. The van der Waals surface area contributed by atoms with Gasteiger partial charge in [-0.25, -0.2) is 18.1 Å². The summed E-state index contributed by atoms with van der Waals surface area (Å²) in [5, 5.41) is 8.75. The number of aliphatic hydroxyl groups excluding tert-OH is 1. The Morgan fingerprint density at radius 1 is 1.67 bits per heavy atom. The Bertz CT molecular complexity index is 413. The predicted molar refractivity (Wildman–Crippen MR) is 54.6 cm³/mol. The van der Waals surface area contributed by atoms with Gasteiger partial charge >= 0.3 is 0 Å². The summed E-state index contributed by atoms with van der Waals surface area (Å²) in [5.41, 5.74) is 0. The van der Waals surface area contributed by atoms with E-state index < -0.39 is 10.0 Å². The molecular weight excluding hydrogens is 218 g/mol. The average Bonchev–Trinajstić information content (AvgIpc) is 2.62. The minimum atomic E-state index is -3.54. The van der Waals surface area contributed by atoms with E-state index in [4.69, 9.17) is 5.11 Å². The normalized spacial score (nSPS) is 14.1. The predicted octanol–water partition coefficient (Wildman–Crippen LogP) is -0.673. The van der Waals surface area contributed by atoms with E-state index in [0.29, 0.717) is 0 Å². The molecule has 0 aromatic carbocycles. The van der Waals surface area contributed by atoms with Gasteiger partial charge in [0.15, 0.2) is 5.03 Å². The fourth-order valence-corrected chi connectivity index (χ4v) is 2.06. The van der Waals surface area contributed by atoms with E-state index in [1.54, 1.807) is 18.5 Å². The third-order valence-electron chi connectivity index (χ3n) is 1.89. The molecule has 0 amide bonds. The molecule has 1 unspecified atom stereocenters. The molecule has 1 atom stereocenters. The fraction of sp³-hybridized carbons (Fsp3) is 0.625. The first-order valence-corrected chi connectivity index (χ1v) is 6.02. The smallest absolute Gasteiger partial charge is 0.259 e. The van der Waals surface area contributed by atoms with Crippen LogP contribution < -0.4 is 4.72 Å². The van der Waals surface area contributed by atoms with Gasteiger partial charge in [0.25, 0.3) is 10.0 Å². The lowest BCUT2D eigenvalue weighted by Gasteiger charge is -2.08. The van der Waals surface area contributed by atoms with Crippen LogP contribution in [-0.2, 0) is 17.1 Å². The second kappa shape index (κ2) is 4.73. The van der Waals surface area contributed by atoms with Crippen LogP contribution in [0, 0.1) is 5.92 Å². The lowest BCUT2D eigenvalue weighted by Crippen LogP contribution is -2.29. The van der Waals surface area contributed by atoms with Crippen molar-refractivity contribution in [3.8, 4) is 0 Å². The van der Waals surface area contributed by atoms with Crippen molar-refractivity contribution in [3.63, 3.8) is 0 Å². The highest BCUT2D eigenvalue weighted by atomic mass is 32.2. The van der Waals surface area contributed by atoms with E-state index in [1.165, 1.54) is 12.5 Å². The van der Waals surface area contributed by atoms with Crippen LogP contribution >= 0.6 is 0 Å². The summed E-state index contributed by atoms with van der Waals surface area (Å²) in [4.78, 5) is 3.74. The molecule has 15 heavy (non-hydrogen) atoms. The van der Waals surface area contributed by atoms with Crippen LogP contribution in [0.1, 0.15) is 6.92 Å². The number of nitrogens with zero attached hydrogens (tertiary/aromatic N) is 2. The number of aryl methyl sites for hydroxylation is 1. The first-order valence-electron chi connectivity index (χ1n) is 4.54. The van der Waals surface area contributed by atoms with Crippen LogP contribution in [-0.4, -0.2) is 36.2 Å². The van der Waals surface area contributed by atoms with E-state index >= 15 is 0 Å². The largest absolute Gasteiger partial charge is 0.396 e. The number of hydrogen-bond acceptors (Lipinski definition) is 4. The lowest BCUT2D eigenvalue weighted by molar-refractivity contribution is 0.238. The second-order valence-corrected chi connectivity index (χ2v) is 5.23. The average molecular weight is 233 g/mol. The van der Waals surface area contributed by atoms with Crippen molar-refractivity contribution >= 4 is 10.0 Å². The fourth-order valence-electron chi connectivity index (χ4n) is 0.918. The number of rotatable bonds is 5. The highest BCUT2D eigenvalue weighted by molar-refractivity contribution is 7.89. The molecule has 1 aromatic rings. The molecule has 86 valence electrons. The van der Waals surface area contributed by atoms with Crippen LogP contribution in [0.25, 0.3) is 0 Å². The van der Waals surface area contributed by atoms with Gasteiger partial charge in [-0.3, -0.25) is 0 Å². The molecule has 0 radical (unpaired) electrons. The highest BCUT2D eigenvalue weighted by Crippen LogP contribution is 2.04. The molecule has 0 spiro atoms. The molecule has 0 bridgehead atoms. The van der Waals surface area contributed by atoms with Gasteiger partial charge in [0, 0.05) is 26.4 Å². The van der Waals surface area contributed by atoms with Gasteiger partial charge < -0.3 is 9.67 Å². The number of nitrogens with one attached hydrogen (secondary N) is 1. The minimum absolute atomic E-state index is 0.00450. The quantitative estimate of drug-likeness (QED) is 0.706. The topological polar surface area (TPSA) is 84.2 Å². The summed E-state index contributed by atoms with van der Waals surface area (Å²) in [6.45, 7) is 1.90. The lowest BCUT2D eigenvalue weighted by atomic mass is 10.2. The second-order valence-electron chi connectivity index (χ2n) is 3.52. The number of aliphatic hydroxyl groups is 1. The van der Waals surface area contributed by atoms with E-state index in [2.05, 4.69) is 9.71 Å². The van der Waals surface area contributed by atoms with E-state index in [9.17, 15) is 8.42 Å². The third kappa shape index (κ3) is 3.29. The number of sulfonamides is 1. The zero-order valence-corrected chi connectivity index (χ0v) is 9.53. The van der Waals surface area contributed by atoms with Gasteiger partial charge in [0.2, 0.25) is 0 Å². The Morgan fingerprint density at radius 3 is 2.80 bits per heavy atom. The number of aromatic nitrogens is 2. The Kier molecular flexibility index (Phi) is 3.83. The highest BCUT2D eigenvalue weighted by Gasteiger charge is 2.17. The molecule has 0 fully saturated rings. The van der Waals surface area contributed by atoms with Gasteiger partial charge in [-0.15, -0.1) is 0 Å². The summed E-state index contributed by atoms with van der Waals surface area (Å²) in [6, 6.07) is 0. The summed E-state index contributed by atoms with van der Waals surface area (Å²) < 4.78 is 27.1. The first-order chi connectivity index (χ1) is 6.95. The van der Waals surface area contributed by atoms with Crippen molar-refractivity contribution in [2.75, 3.05) is 13.2 Å². The van der Waals surface area contributed by atoms with Crippen molar-refractivity contribution in [1.82, 2.24) is 14.3 Å². The van der Waals surface area contributed by atoms with Gasteiger partial charge in [0.1, 0.15) is 0 Å². The maximum atomic E-state index is 11.6. The van der Waals surface area contributed by atoms with Crippen LogP contribution in [0.5, 0.6) is 0 Å². The van der Waals surface area contributed by atoms with Crippen LogP contribution in [0.4, 0.5) is 0 Å². The summed E-state index contributed by atoms with van der Waals surface area (Å²) in [7, 11) is -1.84. The maximum Gasteiger partial charge on any atom is 0.259 e. The van der Waals surface area contributed by atoms with Crippen LogP contribution in [0.15, 0.2) is 17.6 Å². The van der Waals surface area contributed by atoms with E-state index in [0.717, 1.165) is 0 Å². The zero-order chi connectivity index (χ0) is 11.5. The van der Waals surface area contributed by atoms with E-state index in [-0.39, 0.29) is 24.1 Å². The van der Waals surface area contributed by atoms with Crippen molar-refractivity contribution < 1.29 is 13.5 Å². The molecule has 6 nitrogen and oxygen atoms in total. The van der Waals surface area contributed by atoms with Crippen LogP contribution in [0.2, 0.25) is 0 Å². The van der Waals surface area contributed by atoms with Crippen molar-refractivity contribution in [2.24, 2.45) is 13.0 Å². The Balaban J connectivity index is 2.68. The Hall–Kier alpha value is -0.920. The first kappa shape index (κ1) is 12.2. The number of hydrogen-bond donors (Lipinski definition) is 2. The summed E-state index contributed by atoms with van der Waals surface area (Å²) in [6.07, 6.45) is 2.84. The van der Waals surface area contributed by atoms with Crippen LogP contribution in [0.3, 0.4) is 0 Å². The van der Waals surface area contributed by atoms with Gasteiger partial charge in [-0.05, 0) is 5.92 Å².